The first kappa shape index (κ1) is 19.1. The molecule has 2 aliphatic heterocycles. The van der Waals surface area contributed by atoms with Gasteiger partial charge < -0.3 is 10.2 Å². The van der Waals surface area contributed by atoms with E-state index in [1.807, 2.05) is 35.2 Å². The van der Waals surface area contributed by atoms with Crippen molar-refractivity contribution in [2.75, 3.05) is 29.6 Å². The van der Waals surface area contributed by atoms with E-state index in [9.17, 15) is 18.0 Å². The standard InChI is InChI=1S/C20H19ClF3N3O/c21-16-7-6-14(20(22,23)24)12-17(16)26-13-27(15-4-2-1-3-5-15)19(18(26)28)8-10-25-11-9-19/h1-7,12,25H,8-11,13H2. The number of amides is 1. The molecule has 1 N–H and O–H groups in total. The van der Waals surface area contributed by atoms with Gasteiger partial charge in [-0.2, -0.15) is 13.2 Å². The highest BCUT2D eigenvalue weighted by Gasteiger charge is 2.53. The van der Waals surface area contributed by atoms with Crippen LogP contribution in [0.3, 0.4) is 0 Å². The van der Waals surface area contributed by atoms with Crippen LogP contribution in [0.2, 0.25) is 5.02 Å². The molecular weight excluding hydrogens is 391 g/mol. The van der Waals surface area contributed by atoms with Crippen molar-refractivity contribution in [3.63, 3.8) is 0 Å². The number of carbonyl (C=O) groups is 1. The van der Waals surface area contributed by atoms with E-state index in [4.69, 9.17) is 11.6 Å². The molecule has 0 atom stereocenters. The van der Waals surface area contributed by atoms with Crippen molar-refractivity contribution in [2.24, 2.45) is 0 Å². The zero-order valence-electron chi connectivity index (χ0n) is 15.0. The molecule has 28 heavy (non-hydrogen) atoms. The summed E-state index contributed by atoms with van der Waals surface area (Å²) in [6, 6.07) is 12.6. The summed E-state index contributed by atoms with van der Waals surface area (Å²) in [5.41, 5.74) is -0.650. The highest BCUT2D eigenvalue weighted by Crippen LogP contribution is 2.43. The van der Waals surface area contributed by atoms with Crippen molar-refractivity contribution in [2.45, 2.75) is 24.6 Å². The zero-order valence-corrected chi connectivity index (χ0v) is 15.7. The molecule has 2 aromatic carbocycles. The van der Waals surface area contributed by atoms with Crippen LogP contribution in [0.5, 0.6) is 0 Å². The number of alkyl halides is 3. The van der Waals surface area contributed by atoms with Gasteiger partial charge in [0, 0.05) is 5.69 Å². The number of carbonyl (C=O) groups excluding carboxylic acids is 1. The van der Waals surface area contributed by atoms with Gasteiger partial charge in [-0.05, 0) is 56.3 Å². The summed E-state index contributed by atoms with van der Waals surface area (Å²) in [7, 11) is 0. The summed E-state index contributed by atoms with van der Waals surface area (Å²) in [6.07, 6.45) is -3.35. The molecule has 0 radical (unpaired) electrons. The Morgan fingerprint density at radius 1 is 1.04 bits per heavy atom. The van der Waals surface area contributed by atoms with Gasteiger partial charge >= 0.3 is 6.18 Å². The van der Waals surface area contributed by atoms with Crippen molar-refractivity contribution in [1.82, 2.24) is 5.32 Å². The first-order valence-corrected chi connectivity index (χ1v) is 9.43. The van der Waals surface area contributed by atoms with Crippen LogP contribution in [0.1, 0.15) is 18.4 Å². The number of nitrogens with zero attached hydrogens (tertiary/aromatic N) is 2. The molecule has 0 saturated carbocycles. The van der Waals surface area contributed by atoms with Crippen molar-refractivity contribution in [1.29, 1.82) is 0 Å². The molecule has 2 fully saturated rings. The van der Waals surface area contributed by atoms with Crippen LogP contribution in [-0.2, 0) is 11.0 Å². The number of benzene rings is 2. The summed E-state index contributed by atoms with van der Waals surface area (Å²) in [5, 5.41) is 3.38. The number of hydrogen-bond acceptors (Lipinski definition) is 3. The van der Waals surface area contributed by atoms with Crippen molar-refractivity contribution >= 4 is 28.9 Å². The molecule has 8 heteroatoms. The van der Waals surface area contributed by atoms with Crippen molar-refractivity contribution in [3.05, 3.63) is 59.1 Å². The van der Waals surface area contributed by atoms with Crippen LogP contribution in [-0.4, -0.2) is 31.2 Å². The fraction of sp³-hybridized carbons (Fsp3) is 0.350. The van der Waals surface area contributed by atoms with Gasteiger partial charge in [-0.25, -0.2) is 0 Å². The van der Waals surface area contributed by atoms with Crippen LogP contribution in [0, 0.1) is 0 Å². The lowest BCUT2D eigenvalue weighted by molar-refractivity contribution is -0.137. The van der Waals surface area contributed by atoms with Gasteiger partial charge in [-0.3, -0.25) is 9.69 Å². The molecule has 0 aliphatic carbocycles. The third-order valence-corrected chi connectivity index (χ3v) is 5.83. The quantitative estimate of drug-likeness (QED) is 0.803. The van der Waals surface area contributed by atoms with E-state index in [0.717, 1.165) is 17.8 Å². The number of rotatable bonds is 2. The molecule has 4 nitrogen and oxygen atoms in total. The molecule has 1 amide bonds. The van der Waals surface area contributed by atoms with Crippen LogP contribution < -0.4 is 15.1 Å². The van der Waals surface area contributed by atoms with E-state index in [0.29, 0.717) is 25.9 Å². The third kappa shape index (κ3) is 3.12. The van der Waals surface area contributed by atoms with Gasteiger partial charge in [0.15, 0.2) is 0 Å². The van der Waals surface area contributed by atoms with Crippen molar-refractivity contribution < 1.29 is 18.0 Å². The van der Waals surface area contributed by atoms with E-state index in [2.05, 4.69) is 5.32 Å². The van der Waals surface area contributed by atoms with Crippen molar-refractivity contribution in [3.8, 4) is 0 Å². The van der Waals surface area contributed by atoms with Gasteiger partial charge in [0.1, 0.15) is 5.54 Å². The van der Waals surface area contributed by atoms with Gasteiger partial charge in [0.25, 0.3) is 5.91 Å². The molecule has 0 bridgehead atoms. The Morgan fingerprint density at radius 2 is 1.71 bits per heavy atom. The maximum atomic E-state index is 13.5. The van der Waals surface area contributed by atoms with Gasteiger partial charge in [-0.1, -0.05) is 29.8 Å². The molecule has 4 rings (SSSR count). The van der Waals surface area contributed by atoms with E-state index in [-0.39, 0.29) is 23.3 Å². The highest BCUT2D eigenvalue weighted by atomic mass is 35.5. The van der Waals surface area contributed by atoms with Crippen LogP contribution in [0.15, 0.2) is 48.5 Å². The van der Waals surface area contributed by atoms with Crippen LogP contribution in [0.25, 0.3) is 0 Å². The number of anilines is 2. The summed E-state index contributed by atoms with van der Waals surface area (Å²) < 4.78 is 39.6. The fourth-order valence-electron chi connectivity index (χ4n) is 4.05. The van der Waals surface area contributed by atoms with Gasteiger partial charge in [-0.15, -0.1) is 0 Å². The lowest BCUT2D eigenvalue weighted by atomic mass is 9.86. The second-order valence-corrected chi connectivity index (χ2v) is 7.49. The van der Waals surface area contributed by atoms with Gasteiger partial charge in [0.2, 0.25) is 0 Å². The molecule has 2 heterocycles. The Balaban J connectivity index is 1.79. The zero-order chi connectivity index (χ0) is 19.9. The predicted octanol–water partition coefficient (Wildman–Crippen LogP) is 4.29. The summed E-state index contributed by atoms with van der Waals surface area (Å²) in [6.45, 7) is 1.49. The van der Waals surface area contributed by atoms with Gasteiger partial charge in [0.05, 0.1) is 22.9 Å². The van der Waals surface area contributed by atoms with E-state index < -0.39 is 17.3 Å². The molecule has 2 aliphatic rings. The summed E-state index contributed by atoms with van der Waals surface area (Å²) >= 11 is 6.22. The normalized spacial score (nSPS) is 19.5. The third-order valence-electron chi connectivity index (χ3n) is 5.51. The Kier molecular flexibility index (Phi) is 4.75. The first-order chi connectivity index (χ1) is 13.3. The molecular formula is C20H19ClF3N3O. The Labute approximate surface area is 165 Å². The number of hydrogen-bond donors (Lipinski definition) is 1. The molecule has 1 spiro atoms. The molecule has 0 unspecified atom stereocenters. The molecule has 2 saturated heterocycles. The monoisotopic (exact) mass is 409 g/mol. The average Bonchev–Trinajstić information content (AvgIpc) is 2.95. The minimum Gasteiger partial charge on any atom is -0.338 e. The summed E-state index contributed by atoms with van der Waals surface area (Å²) in [5.74, 6) is -0.209. The predicted molar refractivity (Wildman–Crippen MR) is 103 cm³/mol. The van der Waals surface area contributed by atoms with E-state index >= 15 is 0 Å². The Hall–Kier alpha value is -2.25. The second-order valence-electron chi connectivity index (χ2n) is 7.08. The number of piperidine rings is 1. The molecule has 2 aromatic rings. The fourth-order valence-corrected chi connectivity index (χ4v) is 4.27. The van der Waals surface area contributed by atoms with Crippen LogP contribution in [0.4, 0.5) is 24.5 Å². The number of halogens is 4. The summed E-state index contributed by atoms with van der Waals surface area (Å²) in [4.78, 5) is 16.9. The number of para-hydroxylation sites is 1. The lowest BCUT2D eigenvalue weighted by Gasteiger charge is -2.39. The minimum atomic E-state index is -4.51. The number of nitrogens with one attached hydrogen (secondary N) is 1. The minimum absolute atomic E-state index is 0.0952. The Bertz CT molecular complexity index is 882. The maximum absolute atomic E-state index is 13.5. The van der Waals surface area contributed by atoms with E-state index in [1.54, 1.807) is 0 Å². The SMILES string of the molecule is O=C1N(c2cc(C(F)(F)F)ccc2Cl)CN(c2ccccc2)C12CCNCC2. The highest BCUT2D eigenvalue weighted by molar-refractivity contribution is 6.34. The smallest absolute Gasteiger partial charge is 0.338 e. The van der Waals surface area contributed by atoms with Crippen LogP contribution >= 0.6 is 11.6 Å². The molecule has 148 valence electrons. The first-order valence-electron chi connectivity index (χ1n) is 9.05. The largest absolute Gasteiger partial charge is 0.416 e. The average molecular weight is 410 g/mol. The Morgan fingerprint density at radius 3 is 2.36 bits per heavy atom. The second kappa shape index (κ2) is 6.97. The molecule has 0 aromatic heterocycles. The lowest BCUT2D eigenvalue weighted by Crippen LogP contribution is -2.55. The van der Waals surface area contributed by atoms with E-state index in [1.165, 1.54) is 11.0 Å². The maximum Gasteiger partial charge on any atom is 0.416 e. The topological polar surface area (TPSA) is 35.6 Å².